The Bertz CT molecular complexity index is 244. The molecule has 0 radical (unpaired) electrons. The summed E-state index contributed by atoms with van der Waals surface area (Å²) in [7, 11) is 0. The van der Waals surface area contributed by atoms with Crippen molar-refractivity contribution in [1.29, 1.82) is 10.5 Å². The van der Waals surface area contributed by atoms with Crippen molar-refractivity contribution in [3.8, 4) is 12.1 Å². The van der Waals surface area contributed by atoms with Gasteiger partial charge in [0.25, 0.3) is 0 Å². The molecule has 0 N–H and O–H groups in total. The molecular weight excluding hydrogens is 188 g/mol. The molecule has 0 saturated heterocycles. The van der Waals surface area contributed by atoms with Crippen LogP contribution in [0, 0.1) is 22.7 Å². The van der Waals surface area contributed by atoms with Crippen LogP contribution in [0.3, 0.4) is 0 Å². The molecule has 0 aromatic rings. The van der Waals surface area contributed by atoms with Crippen molar-refractivity contribution in [2.24, 2.45) is 0 Å². The van der Waals surface area contributed by atoms with E-state index in [9.17, 15) is 0 Å². The van der Waals surface area contributed by atoms with Gasteiger partial charge in [-0.3, -0.25) is 0 Å². The van der Waals surface area contributed by atoms with Crippen molar-refractivity contribution >= 4 is 0 Å². The Balaban J connectivity index is 4.19. The second kappa shape index (κ2) is 8.99. The smallest absolute Gasteiger partial charge is 0.0743 e. The predicted octanol–water partition coefficient (Wildman–Crippen LogP) is 2.72. The fourth-order valence-corrected chi connectivity index (χ4v) is 1.22. The number of rotatable bonds is 8. The lowest BCUT2D eigenvalue weighted by Crippen LogP contribution is -2.21. The van der Waals surface area contributed by atoms with E-state index in [4.69, 9.17) is 15.3 Å². The second-order valence-electron chi connectivity index (χ2n) is 3.15. The standard InChI is InChI=1S/C12H16N2O/c1-3-5-11(7-9-13)15-12(6-4-2)8-10-14/h3-4,11-12H,1-2,5-8H2. The molecular formula is C12H16N2O. The predicted molar refractivity (Wildman–Crippen MR) is 58.7 cm³/mol. The van der Waals surface area contributed by atoms with Crippen LogP contribution in [0.4, 0.5) is 0 Å². The van der Waals surface area contributed by atoms with Crippen LogP contribution < -0.4 is 0 Å². The first-order valence-corrected chi connectivity index (χ1v) is 4.89. The van der Waals surface area contributed by atoms with Crippen LogP contribution in [0.2, 0.25) is 0 Å². The monoisotopic (exact) mass is 204 g/mol. The molecule has 0 aliphatic carbocycles. The summed E-state index contributed by atoms with van der Waals surface area (Å²) in [4.78, 5) is 0. The Labute approximate surface area is 91.3 Å². The third-order valence-electron chi connectivity index (χ3n) is 1.88. The van der Waals surface area contributed by atoms with Gasteiger partial charge in [0.15, 0.2) is 0 Å². The van der Waals surface area contributed by atoms with Gasteiger partial charge in [0, 0.05) is 0 Å². The Kier molecular flexibility index (Phi) is 8.05. The second-order valence-corrected chi connectivity index (χ2v) is 3.15. The molecule has 0 aliphatic rings. The van der Waals surface area contributed by atoms with E-state index < -0.39 is 0 Å². The van der Waals surface area contributed by atoms with Crippen molar-refractivity contribution in [1.82, 2.24) is 0 Å². The van der Waals surface area contributed by atoms with E-state index in [2.05, 4.69) is 25.3 Å². The summed E-state index contributed by atoms with van der Waals surface area (Å²) in [6.45, 7) is 7.21. The maximum Gasteiger partial charge on any atom is 0.0743 e. The van der Waals surface area contributed by atoms with E-state index >= 15 is 0 Å². The van der Waals surface area contributed by atoms with Crippen LogP contribution >= 0.6 is 0 Å². The summed E-state index contributed by atoms with van der Waals surface area (Å²) in [6.07, 6.45) is 5.03. The largest absolute Gasteiger partial charge is 0.372 e. The summed E-state index contributed by atoms with van der Waals surface area (Å²) in [5, 5.41) is 17.2. The van der Waals surface area contributed by atoms with E-state index in [0.29, 0.717) is 25.7 Å². The highest BCUT2D eigenvalue weighted by molar-refractivity contribution is 4.87. The summed E-state index contributed by atoms with van der Waals surface area (Å²) >= 11 is 0. The lowest BCUT2D eigenvalue weighted by atomic mass is 10.1. The van der Waals surface area contributed by atoms with Gasteiger partial charge < -0.3 is 4.74 Å². The number of nitriles is 2. The van der Waals surface area contributed by atoms with Gasteiger partial charge in [-0.15, -0.1) is 13.2 Å². The van der Waals surface area contributed by atoms with Gasteiger partial charge in [-0.1, -0.05) is 12.2 Å². The molecule has 0 amide bonds. The minimum absolute atomic E-state index is 0.161. The van der Waals surface area contributed by atoms with E-state index in [-0.39, 0.29) is 12.2 Å². The minimum Gasteiger partial charge on any atom is -0.372 e. The Morgan fingerprint density at radius 1 is 1.00 bits per heavy atom. The number of hydrogen-bond acceptors (Lipinski definition) is 3. The summed E-state index contributed by atoms with van der Waals surface area (Å²) in [5.74, 6) is 0. The molecule has 0 bridgehead atoms. The zero-order valence-corrected chi connectivity index (χ0v) is 8.85. The number of ether oxygens (including phenoxy) is 1. The summed E-state index contributed by atoms with van der Waals surface area (Å²) in [5.41, 5.74) is 0. The first-order chi connectivity index (χ1) is 7.28. The Hall–Kier alpha value is -1.58. The average Bonchev–Trinajstić information content (AvgIpc) is 2.19. The molecule has 0 saturated carbocycles. The fraction of sp³-hybridized carbons (Fsp3) is 0.500. The molecule has 3 nitrogen and oxygen atoms in total. The van der Waals surface area contributed by atoms with Gasteiger partial charge in [0.05, 0.1) is 37.2 Å². The van der Waals surface area contributed by atoms with E-state index in [1.165, 1.54) is 0 Å². The highest BCUT2D eigenvalue weighted by atomic mass is 16.5. The SMILES string of the molecule is C=CCC(CC#N)OC(CC#N)CC=C. The molecule has 80 valence electrons. The molecule has 0 fully saturated rings. The number of nitrogens with zero attached hydrogens (tertiary/aromatic N) is 2. The molecule has 15 heavy (non-hydrogen) atoms. The number of hydrogen-bond donors (Lipinski definition) is 0. The van der Waals surface area contributed by atoms with Gasteiger partial charge in [-0.2, -0.15) is 10.5 Å². The van der Waals surface area contributed by atoms with Crippen molar-refractivity contribution in [2.45, 2.75) is 37.9 Å². The van der Waals surface area contributed by atoms with E-state index in [1.807, 2.05) is 0 Å². The molecule has 0 spiro atoms. The highest BCUT2D eigenvalue weighted by Crippen LogP contribution is 2.12. The van der Waals surface area contributed by atoms with Crippen LogP contribution in [-0.2, 0) is 4.74 Å². The summed E-state index contributed by atoms with van der Waals surface area (Å²) in [6, 6.07) is 4.12. The Morgan fingerprint density at radius 2 is 1.40 bits per heavy atom. The summed E-state index contributed by atoms with van der Waals surface area (Å²) < 4.78 is 5.62. The quantitative estimate of drug-likeness (QED) is 0.571. The molecule has 2 atom stereocenters. The first kappa shape index (κ1) is 13.4. The average molecular weight is 204 g/mol. The molecule has 0 heterocycles. The normalized spacial score (nSPS) is 13.2. The topological polar surface area (TPSA) is 56.8 Å². The van der Waals surface area contributed by atoms with Gasteiger partial charge >= 0.3 is 0 Å². The molecule has 3 heteroatoms. The van der Waals surface area contributed by atoms with E-state index in [0.717, 1.165) is 0 Å². The van der Waals surface area contributed by atoms with Gasteiger partial charge in [-0.05, 0) is 12.8 Å². The fourth-order valence-electron chi connectivity index (χ4n) is 1.22. The van der Waals surface area contributed by atoms with Crippen LogP contribution in [0.25, 0.3) is 0 Å². The van der Waals surface area contributed by atoms with Gasteiger partial charge in [-0.25, -0.2) is 0 Å². The zero-order chi connectivity index (χ0) is 11.5. The van der Waals surface area contributed by atoms with Crippen LogP contribution in [0.15, 0.2) is 25.3 Å². The van der Waals surface area contributed by atoms with Gasteiger partial charge in [0.2, 0.25) is 0 Å². The van der Waals surface area contributed by atoms with Gasteiger partial charge in [0.1, 0.15) is 0 Å². The van der Waals surface area contributed by atoms with Crippen LogP contribution in [0.1, 0.15) is 25.7 Å². The van der Waals surface area contributed by atoms with Crippen LogP contribution in [0.5, 0.6) is 0 Å². The van der Waals surface area contributed by atoms with Crippen molar-refractivity contribution < 1.29 is 4.74 Å². The highest BCUT2D eigenvalue weighted by Gasteiger charge is 2.14. The maximum absolute atomic E-state index is 8.59. The van der Waals surface area contributed by atoms with Crippen molar-refractivity contribution in [2.75, 3.05) is 0 Å². The molecule has 0 aliphatic heterocycles. The van der Waals surface area contributed by atoms with Crippen molar-refractivity contribution in [3.05, 3.63) is 25.3 Å². The molecule has 2 unspecified atom stereocenters. The zero-order valence-electron chi connectivity index (χ0n) is 8.85. The van der Waals surface area contributed by atoms with Crippen LogP contribution in [-0.4, -0.2) is 12.2 Å². The molecule has 0 rings (SSSR count). The Morgan fingerprint density at radius 3 is 1.67 bits per heavy atom. The third kappa shape index (κ3) is 6.49. The molecule has 0 aromatic heterocycles. The first-order valence-electron chi connectivity index (χ1n) is 4.89. The van der Waals surface area contributed by atoms with E-state index in [1.54, 1.807) is 12.2 Å². The lowest BCUT2D eigenvalue weighted by molar-refractivity contribution is -0.00323. The lowest BCUT2D eigenvalue weighted by Gasteiger charge is -2.19. The third-order valence-corrected chi connectivity index (χ3v) is 1.88. The van der Waals surface area contributed by atoms with Crippen molar-refractivity contribution in [3.63, 3.8) is 0 Å². The molecule has 0 aromatic carbocycles. The maximum atomic E-state index is 8.59. The minimum atomic E-state index is -0.161.